The molecule has 0 amide bonds. The van der Waals surface area contributed by atoms with Gasteiger partial charge < -0.3 is 9.47 Å². The van der Waals surface area contributed by atoms with E-state index in [0.717, 1.165) is 6.42 Å². The van der Waals surface area contributed by atoms with Crippen molar-refractivity contribution in [2.75, 3.05) is 4.90 Å². The van der Waals surface area contributed by atoms with Crippen LogP contribution >= 0.6 is 11.3 Å². The molecule has 0 bridgehead atoms. The average molecular weight is 607 g/mol. The summed E-state index contributed by atoms with van der Waals surface area (Å²) in [7, 11) is 0. The van der Waals surface area contributed by atoms with E-state index in [4.69, 9.17) is 0 Å². The first-order chi connectivity index (χ1) is 22.7. The van der Waals surface area contributed by atoms with Crippen molar-refractivity contribution in [3.8, 4) is 22.3 Å². The maximum Gasteiger partial charge on any atom is 0.0863 e. The van der Waals surface area contributed by atoms with Gasteiger partial charge in [-0.15, -0.1) is 11.3 Å². The van der Waals surface area contributed by atoms with Gasteiger partial charge in [-0.3, -0.25) is 0 Å². The molecule has 1 aliphatic heterocycles. The first-order valence-electron chi connectivity index (χ1n) is 16.0. The number of nitrogens with zero attached hydrogens (tertiary/aromatic N) is 2. The quantitative estimate of drug-likeness (QED) is 0.194. The smallest absolute Gasteiger partial charge is 0.0863 e. The first kappa shape index (κ1) is 25.9. The van der Waals surface area contributed by atoms with E-state index in [1.807, 2.05) is 11.3 Å². The standard InChI is InChI=1S/C43H30N2S/c1-43-25-8-7-22-40(43)44-37-24-23-29(27-36(37)34-18-11-20-38(41(34)44)45(43)31-14-3-2-4-15-31)28-12-9-13-30(26-28)32-17-10-19-35-33-16-5-6-21-39(33)46-42(32)35/h2-24,26-27H,25H2,1H3. The van der Waals surface area contributed by atoms with Crippen LogP contribution in [0.1, 0.15) is 13.3 Å². The summed E-state index contributed by atoms with van der Waals surface area (Å²) in [6.45, 7) is 2.39. The molecular formula is C43H30N2S. The summed E-state index contributed by atoms with van der Waals surface area (Å²) < 4.78 is 5.22. The molecule has 1 aliphatic carbocycles. The third-order valence-corrected chi connectivity index (χ3v) is 11.3. The highest BCUT2D eigenvalue weighted by Gasteiger charge is 2.43. The van der Waals surface area contributed by atoms with E-state index in [1.165, 1.54) is 81.3 Å². The maximum absolute atomic E-state index is 2.56. The number of para-hydroxylation sites is 2. The Hall–Kier alpha value is -5.38. The van der Waals surface area contributed by atoms with Gasteiger partial charge in [0, 0.05) is 42.3 Å². The predicted octanol–water partition coefficient (Wildman–Crippen LogP) is 12.2. The molecule has 0 spiro atoms. The third kappa shape index (κ3) is 3.52. The number of fused-ring (bicyclic) bond motifs is 8. The number of hydrogen-bond donors (Lipinski definition) is 0. The van der Waals surface area contributed by atoms with Crippen LogP contribution in [0.3, 0.4) is 0 Å². The number of anilines is 2. The summed E-state index contributed by atoms with van der Waals surface area (Å²) in [5, 5.41) is 5.25. The number of allylic oxidation sites excluding steroid dienone is 2. The predicted molar refractivity (Wildman–Crippen MR) is 198 cm³/mol. The molecule has 1 atom stereocenters. The van der Waals surface area contributed by atoms with E-state index < -0.39 is 0 Å². The zero-order valence-electron chi connectivity index (χ0n) is 25.4. The molecule has 3 heteroatoms. The molecule has 2 aromatic heterocycles. The Morgan fingerprint density at radius 3 is 2.33 bits per heavy atom. The molecule has 218 valence electrons. The summed E-state index contributed by atoms with van der Waals surface area (Å²) >= 11 is 1.89. The topological polar surface area (TPSA) is 8.17 Å². The molecular weight excluding hydrogens is 577 g/mol. The van der Waals surface area contributed by atoms with Crippen LogP contribution in [0.15, 0.2) is 152 Å². The third-order valence-electron chi connectivity index (χ3n) is 10.1. The van der Waals surface area contributed by atoms with Crippen molar-refractivity contribution in [3.63, 3.8) is 0 Å². The molecule has 6 aromatic carbocycles. The zero-order valence-corrected chi connectivity index (χ0v) is 26.3. The average Bonchev–Trinajstić information content (AvgIpc) is 3.65. The van der Waals surface area contributed by atoms with E-state index in [2.05, 4.69) is 168 Å². The molecule has 2 aliphatic rings. The van der Waals surface area contributed by atoms with Crippen LogP contribution in [0.25, 0.3) is 69.9 Å². The fraction of sp³-hybridized carbons (Fsp3) is 0.0698. The minimum atomic E-state index is -0.204. The van der Waals surface area contributed by atoms with Gasteiger partial charge in [0.05, 0.1) is 22.3 Å². The Labute approximate surface area is 271 Å². The Balaban J connectivity index is 1.17. The molecule has 2 nitrogen and oxygen atoms in total. The lowest BCUT2D eigenvalue weighted by atomic mass is 9.84. The van der Waals surface area contributed by atoms with Crippen LogP contribution in [0.4, 0.5) is 11.4 Å². The SMILES string of the molecule is CC12CC=CC=C1n1c3ccc(-c4cccc(-c5cccc6c5sc5ccccc56)c4)cc3c3cccc(c31)N2c1ccccc1. The van der Waals surface area contributed by atoms with E-state index >= 15 is 0 Å². The Bertz CT molecular complexity index is 2580. The van der Waals surface area contributed by atoms with Crippen molar-refractivity contribution >= 4 is 70.4 Å². The summed E-state index contributed by atoms with van der Waals surface area (Å²) in [5.41, 5.74) is 11.2. The molecule has 8 aromatic rings. The van der Waals surface area contributed by atoms with Crippen molar-refractivity contribution in [1.82, 2.24) is 4.57 Å². The van der Waals surface area contributed by atoms with E-state index in [0.29, 0.717) is 0 Å². The lowest BCUT2D eigenvalue weighted by Gasteiger charge is -2.49. The molecule has 10 rings (SSSR count). The first-order valence-corrected chi connectivity index (χ1v) is 16.8. The summed E-state index contributed by atoms with van der Waals surface area (Å²) in [4.78, 5) is 2.56. The highest BCUT2D eigenvalue weighted by molar-refractivity contribution is 7.26. The van der Waals surface area contributed by atoms with Crippen molar-refractivity contribution in [2.45, 2.75) is 18.9 Å². The monoisotopic (exact) mass is 606 g/mol. The molecule has 1 unspecified atom stereocenters. The van der Waals surface area contributed by atoms with Gasteiger partial charge in [0.1, 0.15) is 0 Å². The van der Waals surface area contributed by atoms with Crippen molar-refractivity contribution in [1.29, 1.82) is 0 Å². The second-order valence-corrected chi connectivity index (χ2v) is 13.8. The van der Waals surface area contributed by atoms with E-state index in [-0.39, 0.29) is 5.54 Å². The van der Waals surface area contributed by atoms with Gasteiger partial charge >= 0.3 is 0 Å². The minimum Gasteiger partial charge on any atom is -0.328 e. The van der Waals surface area contributed by atoms with E-state index in [9.17, 15) is 0 Å². The van der Waals surface area contributed by atoms with Crippen LogP contribution in [-0.4, -0.2) is 10.1 Å². The van der Waals surface area contributed by atoms with Gasteiger partial charge in [0.15, 0.2) is 0 Å². The van der Waals surface area contributed by atoms with Gasteiger partial charge in [-0.1, -0.05) is 103 Å². The lowest BCUT2D eigenvalue weighted by Crippen LogP contribution is -2.48. The molecule has 3 heterocycles. The van der Waals surface area contributed by atoms with Gasteiger partial charge in [-0.2, -0.15) is 0 Å². The Morgan fingerprint density at radius 2 is 1.39 bits per heavy atom. The van der Waals surface area contributed by atoms with Gasteiger partial charge in [0.2, 0.25) is 0 Å². The normalized spacial score (nSPS) is 17.2. The van der Waals surface area contributed by atoms with Crippen molar-refractivity contribution < 1.29 is 0 Å². The fourth-order valence-corrected chi connectivity index (χ4v) is 9.27. The van der Waals surface area contributed by atoms with E-state index in [1.54, 1.807) is 0 Å². The van der Waals surface area contributed by atoms with Crippen LogP contribution in [0.5, 0.6) is 0 Å². The second-order valence-electron chi connectivity index (χ2n) is 12.7. The molecule has 0 saturated heterocycles. The van der Waals surface area contributed by atoms with Crippen LogP contribution < -0.4 is 4.90 Å². The number of benzene rings is 6. The second kappa shape index (κ2) is 9.56. The van der Waals surface area contributed by atoms with Gasteiger partial charge in [0.25, 0.3) is 0 Å². The molecule has 0 fully saturated rings. The lowest BCUT2D eigenvalue weighted by molar-refractivity contribution is 0.561. The number of hydrogen-bond acceptors (Lipinski definition) is 2. The summed E-state index contributed by atoms with van der Waals surface area (Å²) in [6.07, 6.45) is 7.80. The van der Waals surface area contributed by atoms with Crippen LogP contribution in [-0.2, 0) is 0 Å². The molecule has 46 heavy (non-hydrogen) atoms. The molecule has 0 radical (unpaired) electrons. The number of rotatable bonds is 3. The fourth-order valence-electron chi connectivity index (χ4n) is 8.03. The highest BCUT2D eigenvalue weighted by atomic mass is 32.1. The van der Waals surface area contributed by atoms with Gasteiger partial charge in [-0.25, -0.2) is 0 Å². The summed E-state index contributed by atoms with van der Waals surface area (Å²) in [6, 6.07) is 49.3. The number of aromatic nitrogens is 1. The minimum absolute atomic E-state index is 0.204. The van der Waals surface area contributed by atoms with Crippen LogP contribution in [0, 0.1) is 0 Å². The Kier molecular flexibility index (Phi) is 5.38. The molecule has 0 saturated carbocycles. The maximum atomic E-state index is 2.56. The zero-order chi connectivity index (χ0) is 30.4. The van der Waals surface area contributed by atoms with Crippen LogP contribution in [0.2, 0.25) is 0 Å². The van der Waals surface area contributed by atoms with Crippen molar-refractivity contribution in [3.05, 3.63) is 152 Å². The molecule has 0 N–H and O–H groups in total. The highest BCUT2D eigenvalue weighted by Crippen LogP contribution is 2.53. The number of thiophene rings is 1. The Morgan fingerprint density at radius 1 is 0.630 bits per heavy atom. The summed E-state index contributed by atoms with van der Waals surface area (Å²) in [5.74, 6) is 0. The largest absolute Gasteiger partial charge is 0.328 e. The van der Waals surface area contributed by atoms with Crippen molar-refractivity contribution in [2.24, 2.45) is 0 Å². The van der Waals surface area contributed by atoms with Gasteiger partial charge in [-0.05, 0) is 84.1 Å².